The minimum atomic E-state index is -0.725. The Kier molecular flexibility index (Phi) is 2.45. The topological polar surface area (TPSA) is 43.1 Å². The molecule has 0 N–H and O–H groups in total. The summed E-state index contributed by atoms with van der Waals surface area (Å²) in [6, 6.07) is 3.22. The molecule has 0 aliphatic carbocycles. The van der Waals surface area contributed by atoms with Gasteiger partial charge in [-0.15, -0.1) is 10.2 Å². The van der Waals surface area contributed by atoms with Crippen molar-refractivity contribution in [2.75, 3.05) is 0 Å². The summed E-state index contributed by atoms with van der Waals surface area (Å²) >= 11 is 5.96. The Morgan fingerprint density at radius 1 is 1.11 bits per heavy atom. The van der Waals surface area contributed by atoms with E-state index in [1.54, 1.807) is 0 Å². The third-order valence-corrected chi connectivity index (χ3v) is 2.71. The molecule has 7 heteroatoms. The van der Waals surface area contributed by atoms with Crippen molar-refractivity contribution in [1.29, 1.82) is 0 Å². The second-order valence-electron chi connectivity index (χ2n) is 3.57. The summed E-state index contributed by atoms with van der Waals surface area (Å²) < 4.78 is 28.0. The van der Waals surface area contributed by atoms with Gasteiger partial charge in [0.15, 0.2) is 11.5 Å². The van der Waals surface area contributed by atoms with Gasteiger partial charge in [0.05, 0.1) is 18.0 Å². The van der Waals surface area contributed by atoms with Gasteiger partial charge in [-0.2, -0.15) is 0 Å². The van der Waals surface area contributed by atoms with Crippen LogP contribution in [0.15, 0.2) is 30.6 Å². The third kappa shape index (κ3) is 1.62. The monoisotopic (exact) mass is 266 g/mol. The second-order valence-corrected chi connectivity index (χ2v) is 3.96. The van der Waals surface area contributed by atoms with Gasteiger partial charge in [0.1, 0.15) is 16.8 Å². The molecule has 0 radical (unpaired) electrons. The molecule has 0 bridgehead atoms. The van der Waals surface area contributed by atoms with E-state index in [1.807, 2.05) is 0 Å². The first-order valence-electron chi connectivity index (χ1n) is 4.97. The van der Waals surface area contributed by atoms with Gasteiger partial charge in [0.2, 0.25) is 0 Å². The van der Waals surface area contributed by atoms with Gasteiger partial charge in [0.25, 0.3) is 0 Å². The number of fused-ring (bicyclic) bond motifs is 1. The van der Waals surface area contributed by atoms with Crippen LogP contribution in [0.1, 0.15) is 0 Å². The van der Waals surface area contributed by atoms with Gasteiger partial charge in [-0.1, -0.05) is 11.6 Å². The van der Waals surface area contributed by atoms with Crippen LogP contribution in [-0.2, 0) is 0 Å². The summed E-state index contributed by atoms with van der Waals surface area (Å²) in [7, 11) is 0. The number of hydrogen-bond donors (Lipinski definition) is 0. The molecule has 0 aliphatic rings. The zero-order chi connectivity index (χ0) is 12.7. The number of halogens is 3. The van der Waals surface area contributed by atoms with Gasteiger partial charge >= 0.3 is 0 Å². The van der Waals surface area contributed by atoms with Crippen LogP contribution in [-0.4, -0.2) is 19.6 Å². The van der Waals surface area contributed by atoms with Crippen molar-refractivity contribution in [3.05, 3.63) is 47.4 Å². The molecule has 2 heterocycles. The SMILES string of the molecule is Fc1ccc(-c2nnc3cncc(Cl)n23)c(F)c1. The number of benzene rings is 1. The van der Waals surface area contributed by atoms with Crippen LogP contribution in [0.25, 0.3) is 17.0 Å². The Hall–Kier alpha value is -2.08. The van der Waals surface area contributed by atoms with Gasteiger partial charge < -0.3 is 0 Å². The van der Waals surface area contributed by atoms with Crippen LogP contribution in [0.5, 0.6) is 0 Å². The number of hydrogen-bond acceptors (Lipinski definition) is 3. The molecule has 0 atom stereocenters. The van der Waals surface area contributed by atoms with E-state index in [-0.39, 0.29) is 16.5 Å². The van der Waals surface area contributed by atoms with Gasteiger partial charge in [-0.05, 0) is 12.1 Å². The summed E-state index contributed by atoms with van der Waals surface area (Å²) in [5.74, 6) is -1.18. The maximum absolute atomic E-state index is 13.7. The fraction of sp³-hybridized carbons (Fsp3) is 0. The highest BCUT2D eigenvalue weighted by Gasteiger charge is 2.15. The van der Waals surface area contributed by atoms with Crippen LogP contribution >= 0.6 is 11.6 Å². The van der Waals surface area contributed by atoms with E-state index < -0.39 is 11.6 Å². The zero-order valence-electron chi connectivity index (χ0n) is 8.81. The molecule has 0 saturated carbocycles. The van der Waals surface area contributed by atoms with E-state index in [9.17, 15) is 8.78 Å². The van der Waals surface area contributed by atoms with E-state index >= 15 is 0 Å². The lowest BCUT2D eigenvalue weighted by molar-refractivity contribution is 0.584. The average Bonchev–Trinajstić information content (AvgIpc) is 2.74. The maximum atomic E-state index is 13.7. The molecule has 90 valence electrons. The quantitative estimate of drug-likeness (QED) is 0.680. The highest BCUT2D eigenvalue weighted by atomic mass is 35.5. The highest BCUT2D eigenvalue weighted by Crippen LogP contribution is 2.24. The van der Waals surface area contributed by atoms with Crippen LogP contribution < -0.4 is 0 Å². The first-order chi connectivity index (χ1) is 8.66. The molecule has 1 aromatic carbocycles. The smallest absolute Gasteiger partial charge is 0.180 e. The Morgan fingerprint density at radius 3 is 2.72 bits per heavy atom. The lowest BCUT2D eigenvalue weighted by Crippen LogP contribution is -1.95. The molecule has 0 saturated heterocycles. The Labute approximate surface area is 105 Å². The maximum Gasteiger partial charge on any atom is 0.180 e. The Balaban J connectivity index is 2.32. The van der Waals surface area contributed by atoms with Crippen LogP contribution in [0.2, 0.25) is 5.15 Å². The van der Waals surface area contributed by atoms with E-state index in [4.69, 9.17) is 11.6 Å². The van der Waals surface area contributed by atoms with Crippen LogP contribution in [0, 0.1) is 11.6 Å². The minimum absolute atomic E-state index is 0.122. The van der Waals surface area contributed by atoms with Crippen molar-refractivity contribution in [2.45, 2.75) is 0 Å². The molecule has 0 spiro atoms. The molecule has 0 unspecified atom stereocenters. The third-order valence-electron chi connectivity index (χ3n) is 2.44. The normalized spacial score (nSPS) is 11.1. The summed E-state index contributed by atoms with van der Waals surface area (Å²) in [6.45, 7) is 0. The lowest BCUT2D eigenvalue weighted by atomic mass is 10.2. The predicted molar refractivity (Wildman–Crippen MR) is 61.1 cm³/mol. The molecule has 4 nitrogen and oxygen atoms in total. The van der Waals surface area contributed by atoms with Crippen molar-refractivity contribution >= 4 is 17.2 Å². The minimum Gasteiger partial charge on any atom is -0.262 e. The number of nitrogens with zero attached hydrogens (tertiary/aromatic N) is 4. The lowest BCUT2D eigenvalue weighted by Gasteiger charge is -2.03. The average molecular weight is 267 g/mol. The Bertz CT molecular complexity index is 741. The highest BCUT2D eigenvalue weighted by molar-refractivity contribution is 6.29. The summed E-state index contributed by atoms with van der Waals surface area (Å²) in [5, 5.41) is 7.91. The van der Waals surface area contributed by atoms with Crippen molar-refractivity contribution < 1.29 is 8.78 Å². The summed E-state index contributed by atoms with van der Waals surface area (Å²) in [6.07, 6.45) is 2.84. The molecule has 0 fully saturated rings. The van der Waals surface area contributed by atoms with E-state index in [0.29, 0.717) is 5.65 Å². The largest absolute Gasteiger partial charge is 0.262 e. The number of rotatable bonds is 1. The van der Waals surface area contributed by atoms with Crippen molar-refractivity contribution in [2.24, 2.45) is 0 Å². The first kappa shape index (κ1) is 11.0. The van der Waals surface area contributed by atoms with Crippen LogP contribution in [0.3, 0.4) is 0 Å². The van der Waals surface area contributed by atoms with Crippen molar-refractivity contribution in [3.63, 3.8) is 0 Å². The molecule has 0 amide bonds. The zero-order valence-corrected chi connectivity index (χ0v) is 9.57. The van der Waals surface area contributed by atoms with Crippen molar-refractivity contribution in [1.82, 2.24) is 19.6 Å². The van der Waals surface area contributed by atoms with Gasteiger partial charge in [0, 0.05) is 6.07 Å². The van der Waals surface area contributed by atoms with Gasteiger partial charge in [-0.3, -0.25) is 9.38 Å². The molecule has 0 aliphatic heterocycles. The summed E-state index contributed by atoms with van der Waals surface area (Å²) in [4.78, 5) is 3.85. The summed E-state index contributed by atoms with van der Waals surface area (Å²) in [5.41, 5.74) is 0.512. The molecule has 3 aromatic rings. The second kappa shape index (κ2) is 3.99. The molecule has 3 rings (SSSR count). The van der Waals surface area contributed by atoms with E-state index in [0.717, 1.165) is 12.1 Å². The van der Waals surface area contributed by atoms with Crippen molar-refractivity contribution in [3.8, 4) is 11.4 Å². The predicted octanol–water partition coefficient (Wildman–Crippen LogP) is 2.72. The Morgan fingerprint density at radius 2 is 1.94 bits per heavy atom. The standard InChI is InChI=1S/C11H5ClF2N4/c12-9-4-15-5-10-16-17-11(18(9)10)7-2-1-6(13)3-8(7)14/h1-5H. The van der Waals surface area contributed by atoms with Crippen LogP contribution in [0.4, 0.5) is 8.78 Å². The fourth-order valence-corrected chi connectivity index (χ4v) is 1.88. The van der Waals surface area contributed by atoms with E-state index in [1.165, 1.54) is 22.9 Å². The fourth-order valence-electron chi connectivity index (χ4n) is 1.66. The molecule has 18 heavy (non-hydrogen) atoms. The molecular weight excluding hydrogens is 262 g/mol. The van der Waals surface area contributed by atoms with Gasteiger partial charge in [-0.25, -0.2) is 8.78 Å². The molecular formula is C11H5ClF2N4. The number of aromatic nitrogens is 4. The molecule has 2 aromatic heterocycles. The first-order valence-corrected chi connectivity index (χ1v) is 5.34. The van der Waals surface area contributed by atoms with E-state index in [2.05, 4.69) is 15.2 Å².